The third-order valence-electron chi connectivity index (χ3n) is 4.05. The number of benzene rings is 1. The zero-order valence-electron chi connectivity index (χ0n) is 11.5. The molecular formula is C15H23NO2. The van der Waals surface area contributed by atoms with E-state index in [1.807, 2.05) is 12.1 Å². The molecule has 1 aliphatic heterocycles. The van der Waals surface area contributed by atoms with E-state index >= 15 is 0 Å². The van der Waals surface area contributed by atoms with E-state index in [0.29, 0.717) is 11.8 Å². The van der Waals surface area contributed by atoms with Crippen LogP contribution in [0.15, 0.2) is 18.2 Å². The lowest BCUT2D eigenvalue weighted by molar-refractivity contribution is 0.147. The molecule has 100 valence electrons. The summed E-state index contributed by atoms with van der Waals surface area (Å²) < 4.78 is 5.17. The highest BCUT2D eigenvalue weighted by Crippen LogP contribution is 2.32. The van der Waals surface area contributed by atoms with Crippen LogP contribution in [0.4, 0.5) is 0 Å². The molecule has 3 nitrogen and oxygen atoms in total. The number of piperidine rings is 1. The lowest BCUT2D eigenvalue weighted by atomic mass is 9.96. The Morgan fingerprint density at radius 3 is 2.61 bits per heavy atom. The number of nitrogens with zero attached hydrogens (tertiary/aromatic N) is 1. The Hall–Kier alpha value is -1.22. The number of ether oxygens (including phenoxy) is 1. The van der Waals surface area contributed by atoms with Gasteiger partial charge in [0, 0.05) is 6.04 Å². The summed E-state index contributed by atoms with van der Waals surface area (Å²) in [4.78, 5) is 2.51. The van der Waals surface area contributed by atoms with Crippen molar-refractivity contribution in [3.05, 3.63) is 23.8 Å². The van der Waals surface area contributed by atoms with Crippen molar-refractivity contribution in [1.29, 1.82) is 0 Å². The lowest BCUT2D eigenvalue weighted by Gasteiger charge is -2.35. The quantitative estimate of drug-likeness (QED) is 0.893. The van der Waals surface area contributed by atoms with Gasteiger partial charge in [-0.1, -0.05) is 13.0 Å². The van der Waals surface area contributed by atoms with Crippen LogP contribution in [-0.4, -0.2) is 30.2 Å². The van der Waals surface area contributed by atoms with Gasteiger partial charge in [0.05, 0.1) is 7.11 Å². The number of rotatable bonds is 3. The lowest BCUT2D eigenvalue weighted by Crippen LogP contribution is -2.34. The number of phenolic OH excluding ortho intramolecular Hbond substituents is 1. The van der Waals surface area contributed by atoms with Crippen LogP contribution < -0.4 is 4.74 Å². The van der Waals surface area contributed by atoms with Gasteiger partial charge in [-0.15, -0.1) is 0 Å². The van der Waals surface area contributed by atoms with Gasteiger partial charge in [0.1, 0.15) is 0 Å². The fourth-order valence-corrected chi connectivity index (χ4v) is 2.58. The molecule has 1 unspecified atom stereocenters. The molecule has 1 fully saturated rings. The first kappa shape index (κ1) is 13.2. The van der Waals surface area contributed by atoms with Crippen LogP contribution in [0.5, 0.6) is 11.5 Å². The largest absolute Gasteiger partial charge is 0.504 e. The van der Waals surface area contributed by atoms with Gasteiger partial charge in [-0.3, -0.25) is 4.90 Å². The van der Waals surface area contributed by atoms with Crippen LogP contribution in [0, 0.1) is 5.92 Å². The second kappa shape index (κ2) is 5.61. The van der Waals surface area contributed by atoms with Crippen molar-refractivity contribution >= 4 is 0 Å². The fraction of sp³-hybridized carbons (Fsp3) is 0.600. The van der Waals surface area contributed by atoms with Crippen LogP contribution in [0.25, 0.3) is 0 Å². The van der Waals surface area contributed by atoms with Gasteiger partial charge in [-0.25, -0.2) is 0 Å². The molecule has 0 spiro atoms. The Morgan fingerprint density at radius 1 is 1.33 bits per heavy atom. The van der Waals surface area contributed by atoms with Crippen molar-refractivity contribution < 1.29 is 9.84 Å². The monoisotopic (exact) mass is 249 g/mol. The van der Waals surface area contributed by atoms with Crippen LogP contribution in [0.1, 0.15) is 38.3 Å². The van der Waals surface area contributed by atoms with Crippen LogP contribution in [0.2, 0.25) is 0 Å². The third kappa shape index (κ3) is 2.78. The summed E-state index contributed by atoms with van der Waals surface area (Å²) >= 11 is 0. The summed E-state index contributed by atoms with van der Waals surface area (Å²) in [7, 11) is 1.59. The molecule has 0 radical (unpaired) electrons. The highest BCUT2D eigenvalue weighted by molar-refractivity contribution is 5.42. The smallest absolute Gasteiger partial charge is 0.160 e. The van der Waals surface area contributed by atoms with E-state index in [1.54, 1.807) is 13.2 Å². The molecule has 0 bridgehead atoms. The van der Waals surface area contributed by atoms with E-state index in [1.165, 1.54) is 18.4 Å². The Kier molecular flexibility index (Phi) is 4.12. The molecular weight excluding hydrogens is 226 g/mol. The van der Waals surface area contributed by atoms with Gasteiger partial charge in [0.2, 0.25) is 0 Å². The van der Waals surface area contributed by atoms with E-state index < -0.39 is 0 Å². The maximum atomic E-state index is 9.62. The first-order valence-electron chi connectivity index (χ1n) is 6.72. The second-order valence-electron chi connectivity index (χ2n) is 5.33. The molecule has 1 atom stereocenters. The molecule has 0 aromatic heterocycles. The number of phenols is 1. The normalized spacial score (nSPS) is 19.7. The molecule has 1 aliphatic rings. The molecule has 1 N–H and O–H groups in total. The Labute approximate surface area is 109 Å². The van der Waals surface area contributed by atoms with Crippen LogP contribution >= 0.6 is 0 Å². The summed E-state index contributed by atoms with van der Waals surface area (Å²) in [5.74, 6) is 1.62. The molecule has 0 aliphatic carbocycles. The first-order chi connectivity index (χ1) is 8.61. The average molecular weight is 249 g/mol. The highest BCUT2D eigenvalue weighted by Gasteiger charge is 2.21. The van der Waals surface area contributed by atoms with Crippen LogP contribution in [-0.2, 0) is 0 Å². The first-order valence-corrected chi connectivity index (χ1v) is 6.72. The molecule has 1 heterocycles. The minimum Gasteiger partial charge on any atom is -0.504 e. The van der Waals surface area contributed by atoms with E-state index in [-0.39, 0.29) is 5.75 Å². The van der Waals surface area contributed by atoms with Crippen molar-refractivity contribution in [2.75, 3.05) is 20.2 Å². The highest BCUT2D eigenvalue weighted by atomic mass is 16.5. The number of hydrogen-bond acceptors (Lipinski definition) is 3. The van der Waals surface area contributed by atoms with Crippen LogP contribution in [0.3, 0.4) is 0 Å². The maximum Gasteiger partial charge on any atom is 0.160 e. The number of likely N-dealkylation sites (tertiary alicyclic amines) is 1. The minimum atomic E-state index is 0.209. The standard InChI is InChI=1S/C15H23NO2/c1-11-6-8-16(9-7-11)12(2)13-4-5-14(17)15(10-13)18-3/h4-5,10-12,17H,6-9H2,1-3H3. The van der Waals surface area contributed by atoms with E-state index in [9.17, 15) is 5.11 Å². The third-order valence-corrected chi connectivity index (χ3v) is 4.05. The van der Waals surface area contributed by atoms with Gasteiger partial charge in [0.15, 0.2) is 11.5 Å². The Balaban J connectivity index is 2.10. The van der Waals surface area contributed by atoms with Crippen molar-refractivity contribution in [3.63, 3.8) is 0 Å². The zero-order chi connectivity index (χ0) is 13.1. The molecule has 0 saturated carbocycles. The summed E-state index contributed by atoms with van der Waals surface area (Å²) in [5, 5.41) is 9.62. The topological polar surface area (TPSA) is 32.7 Å². The second-order valence-corrected chi connectivity index (χ2v) is 5.33. The molecule has 18 heavy (non-hydrogen) atoms. The van der Waals surface area contributed by atoms with Crippen molar-refractivity contribution in [2.24, 2.45) is 5.92 Å². The van der Waals surface area contributed by atoms with Gasteiger partial charge in [-0.2, -0.15) is 0 Å². The molecule has 0 amide bonds. The van der Waals surface area contributed by atoms with Crippen molar-refractivity contribution in [2.45, 2.75) is 32.7 Å². The molecule has 1 aromatic rings. The summed E-state index contributed by atoms with van der Waals surface area (Å²) in [5.41, 5.74) is 1.21. The summed E-state index contributed by atoms with van der Waals surface area (Å²) in [6, 6.07) is 6.03. The summed E-state index contributed by atoms with van der Waals surface area (Å²) in [6.45, 7) is 6.87. The van der Waals surface area contributed by atoms with Gasteiger partial charge in [0.25, 0.3) is 0 Å². The molecule has 2 rings (SSSR count). The SMILES string of the molecule is COc1cc(C(C)N2CCC(C)CC2)ccc1O. The predicted octanol–water partition coefficient (Wildman–Crippen LogP) is 3.19. The molecule has 3 heteroatoms. The maximum absolute atomic E-state index is 9.62. The average Bonchev–Trinajstić information content (AvgIpc) is 2.39. The predicted molar refractivity (Wildman–Crippen MR) is 73.0 cm³/mol. The van der Waals surface area contributed by atoms with Gasteiger partial charge >= 0.3 is 0 Å². The fourth-order valence-electron chi connectivity index (χ4n) is 2.58. The summed E-state index contributed by atoms with van der Waals surface area (Å²) in [6.07, 6.45) is 2.55. The van der Waals surface area contributed by atoms with Gasteiger partial charge in [-0.05, 0) is 56.5 Å². The molecule has 1 saturated heterocycles. The van der Waals surface area contributed by atoms with E-state index in [2.05, 4.69) is 18.7 Å². The molecule has 1 aromatic carbocycles. The Morgan fingerprint density at radius 2 is 2.00 bits per heavy atom. The number of methoxy groups -OCH3 is 1. The minimum absolute atomic E-state index is 0.209. The van der Waals surface area contributed by atoms with E-state index in [4.69, 9.17) is 4.74 Å². The number of aromatic hydroxyl groups is 1. The Bertz CT molecular complexity index is 397. The zero-order valence-corrected chi connectivity index (χ0v) is 11.5. The number of hydrogen-bond donors (Lipinski definition) is 1. The van der Waals surface area contributed by atoms with Crippen molar-refractivity contribution in [3.8, 4) is 11.5 Å². The van der Waals surface area contributed by atoms with Gasteiger partial charge < -0.3 is 9.84 Å². The van der Waals surface area contributed by atoms with Crippen molar-refractivity contribution in [1.82, 2.24) is 4.90 Å². The van der Waals surface area contributed by atoms with E-state index in [0.717, 1.165) is 19.0 Å².